The van der Waals surface area contributed by atoms with E-state index < -0.39 is 0 Å². The molecule has 2 rings (SSSR count). The van der Waals surface area contributed by atoms with Crippen molar-refractivity contribution in [3.05, 3.63) is 69.7 Å². The van der Waals surface area contributed by atoms with Gasteiger partial charge in [-0.2, -0.15) is 0 Å². The number of carbonyl (C=O) groups excluding carboxylic acids is 1. The average Bonchev–Trinajstić information content (AvgIpc) is 2.42. The molecule has 0 saturated carbocycles. The molecule has 0 aromatic heterocycles. The fourth-order valence-electron chi connectivity index (χ4n) is 2.17. The Kier molecular flexibility index (Phi) is 4.06. The fourth-order valence-corrected chi connectivity index (χ4v) is 2.39. The Morgan fingerprint density at radius 3 is 2.32 bits per heavy atom. The molecule has 0 bridgehead atoms. The van der Waals surface area contributed by atoms with Crippen LogP contribution in [0.15, 0.2) is 42.5 Å². The van der Waals surface area contributed by atoms with Crippen LogP contribution in [0.2, 0.25) is 5.02 Å². The maximum atomic E-state index is 12.6. The van der Waals surface area contributed by atoms with Gasteiger partial charge in [-0.3, -0.25) is 4.79 Å². The van der Waals surface area contributed by atoms with Crippen molar-refractivity contribution in [2.75, 3.05) is 0 Å². The Morgan fingerprint density at radius 1 is 1.05 bits per heavy atom. The Morgan fingerprint density at radius 2 is 1.68 bits per heavy atom. The van der Waals surface area contributed by atoms with Crippen LogP contribution in [0.25, 0.3) is 0 Å². The first-order chi connectivity index (χ1) is 9.00. The van der Waals surface area contributed by atoms with Crippen LogP contribution in [-0.2, 0) is 0 Å². The summed E-state index contributed by atoms with van der Waals surface area (Å²) in [5, 5.41) is 0.710. The lowest BCUT2D eigenvalue weighted by Crippen LogP contribution is -2.11. The minimum Gasteiger partial charge on any atom is -0.293 e. The smallest absolute Gasteiger partial charge is 0.170 e. The Hall–Kier alpha value is -1.60. The third kappa shape index (κ3) is 2.87. The molecule has 2 aromatic rings. The van der Waals surface area contributed by atoms with E-state index in [4.69, 9.17) is 11.6 Å². The van der Waals surface area contributed by atoms with Gasteiger partial charge in [0.15, 0.2) is 5.78 Å². The maximum absolute atomic E-state index is 12.6. The summed E-state index contributed by atoms with van der Waals surface area (Å²) in [5.41, 5.74) is 3.68. The van der Waals surface area contributed by atoms with Crippen molar-refractivity contribution in [2.45, 2.75) is 26.7 Å². The normalized spacial score (nSPS) is 12.2. The molecule has 1 nitrogen and oxygen atoms in total. The first kappa shape index (κ1) is 13.8. The van der Waals surface area contributed by atoms with Crippen LogP contribution in [0.1, 0.15) is 39.9 Å². The predicted molar refractivity (Wildman–Crippen MR) is 80.1 cm³/mol. The zero-order valence-electron chi connectivity index (χ0n) is 11.4. The quantitative estimate of drug-likeness (QED) is 0.723. The zero-order chi connectivity index (χ0) is 14.0. The molecule has 0 radical (unpaired) electrons. The van der Waals surface area contributed by atoms with Crippen LogP contribution in [0, 0.1) is 13.8 Å². The van der Waals surface area contributed by atoms with Gasteiger partial charge in [-0.1, -0.05) is 48.9 Å². The van der Waals surface area contributed by atoms with E-state index in [0.29, 0.717) is 5.02 Å². The number of benzene rings is 2. The summed E-state index contributed by atoms with van der Waals surface area (Å²) in [6.45, 7) is 5.79. The number of Topliss-reactive ketones (excluding diaryl/α,β-unsaturated/α-hetero) is 1. The average molecular weight is 273 g/mol. The molecule has 2 aromatic carbocycles. The van der Waals surface area contributed by atoms with Gasteiger partial charge in [-0.15, -0.1) is 0 Å². The summed E-state index contributed by atoms with van der Waals surface area (Å²) >= 11 is 6.08. The molecule has 0 spiro atoms. The van der Waals surface area contributed by atoms with Gasteiger partial charge in [0.1, 0.15) is 0 Å². The summed E-state index contributed by atoms with van der Waals surface area (Å²) in [6.07, 6.45) is 0. The summed E-state index contributed by atoms with van der Waals surface area (Å²) < 4.78 is 0. The largest absolute Gasteiger partial charge is 0.293 e. The molecule has 0 aliphatic carbocycles. The van der Waals surface area contributed by atoms with Gasteiger partial charge in [-0.05, 0) is 42.7 Å². The van der Waals surface area contributed by atoms with Crippen molar-refractivity contribution in [1.82, 2.24) is 0 Å². The van der Waals surface area contributed by atoms with E-state index in [1.165, 1.54) is 0 Å². The highest BCUT2D eigenvalue weighted by molar-refractivity contribution is 6.31. The number of aryl methyl sites for hydroxylation is 2. The van der Waals surface area contributed by atoms with Crippen molar-refractivity contribution in [3.63, 3.8) is 0 Å². The monoisotopic (exact) mass is 272 g/mol. The van der Waals surface area contributed by atoms with Crippen LogP contribution in [-0.4, -0.2) is 5.78 Å². The fraction of sp³-hybridized carbons (Fsp3) is 0.235. The molecular formula is C17H17ClO. The lowest BCUT2D eigenvalue weighted by atomic mass is 9.89. The molecular weight excluding hydrogens is 256 g/mol. The van der Waals surface area contributed by atoms with Crippen LogP contribution < -0.4 is 0 Å². The van der Waals surface area contributed by atoms with Crippen LogP contribution in [0.5, 0.6) is 0 Å². The van der Waals surface area contributed by atoms with E-state index in [0.717, 1.165) is 22.3 Å². The van der Waals surface area contributed by atoms with Crippen LogP contribution in [0.4, 0.5) is 0 Å². The number of halogens is 1. The van der Waals surface area contributed by atoms with Gasteiger partial charge in [-0.25, -0.2) is 0 Å². The number of ketones is 1. The number of carbonyl (C=O) groups is 1. The van der Waals surface area contributed by atoms with E-state index in [1.807, 2.05) is 63.2 Å². The second kappa shape index (κ2) is 5.58. The number of hydrogen-bond donors (Lipinski definition) is 0. The van der Waals surface area contributed by atoms with E-state index in [-0.39, 0.29) is 11.7 Å². The minimum atomic E-state index is -0.138. The minimum absolute atomic E-state index is 0.138. The highest BCUT2D eigenvalue weighted by Gasteiger charge is 2.19. The van der Waals surface area contributed by atoms with Gasteiger partial charge < -0.3 is 0 Å². The third-order valence-electron chi connectivity index (χ3n) is 3.46. The number of rotatable bonds is 3. The molecule has 0 heterocycles. The van der Waals surface area contributed by atoms with Crippen molar-refractivity contribution >= 4 is 17.4 Å². The molecule has 2 heteroatoms. The van der Waals surface area contributed by atoms with E-state index in [2.05, 4.69) is 0 Å². The summed E-state index contributed by atoms with van der Waals surface area (Å²) in [7, 11) is 0. The maximum Gasteiger partial charge on any atom is 0.170 e. The SMILES string of the molecule is Cc1cc(C(=O)C(C)c2ccccc2)c(C)cc1Cl. The van der Waals surface area contributed by atoms with Gasteiger partial charge >= 0.3 is 0 Å². The Balaban J connectivity index is 2.37. The van der Waals surface area contributed by atoms with Gasteiger partial charge in [0.05, 0.1) is 0 Å². The summed E-state index contributed by atoms with van der Waals surface area (Å²) in [4.78, 5) is 12.6. The van der Waals surface area contributed by atoms with Crippen molar-refractivity contribution < 1.29 is 4.79 Å². The molecule has 0 saturated heterocycles. The molecule has 0 fully saturated rings. The topological polar surface area (TPSA) is 17.1 Å². The summed E-state index contributed by atoms with van der Waals surface area (Å²) in [6, 6.07) is 13.6. The first-order valence-electron chi connectivity index (χ1n) is 6.36. The molecule has 1 unspecified atom stereocenters. The molecule has 0 N–H and O–H groups in total. The van der Waals surface area contributed by atoms with Crippen LogP contribution >= 0.6 is 11.6 Å². The molecule has 1 atom stereocenters. The lowest BCUT2D eigenvalue weighted by molar-refractivity contribution is 0.0965. The third-order valence-corrected chi connectivity index (χ3v) is 3.87. The molecule has 0 aliphatic heterocycles. The lowest BCUT2D eigenvalue weighted by Gasteiger charge is -2.14. The van der Waals surface area contributed by atoms with Gasteiger partial charge in [0, 0.05) is 16.5 Å². The molecule has 19 heavy (non-hydrogen) atoms. The Labute approximate surface area is 119 Å². The molecule has 0 aliphatic rings. The van der Waals surface area contributed by atoms with E-state index in [9.17, 15) is 4.79 Å². The highest BCUT2D eigenvalue weighted by Crippen LogP contribution is 2.26. The van der Waals surface area contributed by atoms with Crippen molar-refractivity contribution in [1.29, 1.82) is 0 Å². The van der Waals surface area contributed by atoms with Crippen LogP contribution in [0.3, 0.4) is 0 Å². The first-order valence-corrected chi connectivity index (χ1v) is 6.74. The Bertz CT molecular complexity index is 602. The van der Waals surface area contributed by atoms with E-state index in [1.54, 1.807) is 0 Å². The zero-order valence-corrected chi connectivity index (χ0v) is 12.2. The second-order valence-electron chi connectivity index (χ2n) is 4.91. The van der Waals surface area contributed by atoms with E-state index >= 15 is 0 Å². The predicted octanol–water partition coefficient (Wildman–Crippen LogP) is 4.94. The number of hydrogen-bond acceptors (Lipinski definition) is 1. The van der Waals surface area contributed by atoms with Crippen molar-refractivity contribution in [2.24, 2.45) is 0 Å². The highest BCUT2D eigenvalue weighted by atomic mass is 35.5. The molecule has 0 amide bonds. The summed E-state index contributed by atoms with van der Waals surface area (Å²) in [5.74, 6) is 0.00365. The second-order valence-corrected chi connectivity index (χ2v) is 5.32. The van der Waals surface area contributed by atoms with Crippen molar-refractivity contribution in [3.8, 4) is 0 Å². The van der Waals surface area contributed by atoms with Gasteiger partial charge in [0.2, 0.25) is 0 Å². The van der Waals surface area contributed by atoms with Gasteiger partial charge in [0.25, 0.3) is 0 Å². The molecule has 98 valence electrons. The standard InChI is InChI=1S/C17H17ClO/c1-11-10-16(18)12(2)9-15(11)17(19)13(3)14-7-5-4-6-8-14/h4-10,13H,1-3H3.